The largest absolute Gasteiger partial charge is 0.396 e. The second kappa shape index (κ2) is 4.08. The van der Waals surface area contributed by atoms with E-state index >= 15 is 0 Å². The summed E-state index contributed by atoms with van der Waals surface area (Å²) in [5.74, 6) is 0.308. The van der Waals surface area contributed by atoms with Gasteiger partial charge in [-0.15, -0.1) is 0 Å². The summed E-state index contributed by atoms with van der Waals surface area (Å²) >= 11 is 0. The number of hydrogen-bond donors (Lipinski definition) is 2. The molecule has 2 aliphatic rings. The molecule has 0 aliphatic carbocycles. The third-order valence-corrected chi connectivity index (χ3v) is 3.11. The molecule has 0 spiro atoms. The normalized spacial score (nSPS) is 24.5. The number of aliphatic hydroxyl groups is 1. The fourth-order valence-electron chi connectivity index (χ4n) is 1.80. The first-order valence-electron chi connectivity index (χ1n) is 5.36. The van der Waals surface area contributed by atoms with E-state index in [1.807, 2.05) is 6.92 Å². The van der Waals surface area contributed by atoms with E-state index in [4.69, 9.17) is 9.84 Å². The Morgan fingerprint density at radius 1 is 1.60 bits per heavy atom. The first kappa shape index (κ1) is 10.9. The fourth-order valence-corrected chi connectivity index (χ4v) is 1.80. The third-order valence-electron chi connectivity index (χ3n) is 3.11. The highest BCUT2D eigenvalue weighted by Crippen LogP contribution is 2.18. The number of carbonyl (C=O) groups is 1. The Balaban J connectivity index is 1.65. The topological polar surface area (TPSA) is 61.8 Å². The molecular weight excluding hydrogens is 196 g/mol. The predicted molar refractivity (Wildman–Crippen MR) is 54.4 cm³/mol. The van der Waals surface area contributed by atoms with Gasteiger partial charge in [-0.05, 0) is 6.92 Å². The van der Waals surface area contributed by atoms with Gasteiger partial charge in [-0.3, -0.25) is 4.79 Å². The van der Waals surface area contributed by atoms with Crippen molar-refractivity contribution in [1.29, 1.82) is 0 Å². The zero-order valence-electron chi connectivity index (χ0n) is 9.03. The van der Waals surface area contributed by atoms with Crippen molar-refractivity contribution in [1.82, 2.24) is 10.2 Å². The Morgan fingerprint density at radius 2 is 2.27 bits per heavy atom. The number of rotatable bonds is 4. The van der Waals surface area contributed by atoms with Crippen molar-refractivity contribution < 1.29 is 14.6 Å². The summed E-state index contributed by atoms with van der Waals surface area (Å²) in [6.07, 6.45) is 0. The molecular formula is C10H18N2O3. The van der Waals surface area contributed by atoms with Crippen molar-refractivity contribution >= 4 is 5.91 Å². The molecule has 2 heterocycles. The molecule has 2 N–H and O–H groups in total. The van der Waals surface area contributed by atoms with Crippen LogP contribution in [0.5, 0.6) is 0 Å². The van der Waals surface area contributed by atoms with Crippen molar-refractivity contribution in [2.24, 2.45) is 5.92 Å². The second-order valence-corrected chi connectivity index (χ2v) is 4.69. The van der Waals surface area contributed by atoms with Crippen LogP contribution >= 0.6 is 0 Å². The molecule has 0 atom stereocenters. The van der Waals surface area contributed by atoms with E-state index in [-0.39, 0.29) is 30.6 Å². The monoisotopic (exact) mass is 214 g/mol. The van der Waals surface area contributed by atoms with Gasteiger partial charge in [-0.2, -0.15) is 0 Å². The van der Waals surface area contributed by atoms with E-state index in [9.17, 15) is 4.79 Å². The van der Waals surface area contributed by atoms with Gasteiger partial charge >= 0.3 is 0 Å². The molecule has 2 fully saturated rings. The van der Waals surface area contributed by atoms with Crippen LogP contribution in [0.4, 0.5) is 0 Å². The molecule has 5 heteroatoms. The zero-order chi connectivity index (χ0) is 10.9. The van der Waals surface area contributed by atoms with Crippen molar-refractivity contribution in [2.75, 3.05) is 39.4 Å². The Labute approximate surface area is 89.4 Å². The molecule has 0 aromatic rings. The highest BCUT2D eigenvalue weighted by Gasteiger charge is 2.35. The van der Waals surface area contributed by atoms with Gasteiger partial charge in [0.25, 0.3) is 0 Å². The maximum Gasteiger partial charge on any atom is 0.248 e. The SMILES string of the molecule is CC1(OCC(=O)N2CC(CO)C2)CNC1. The molecule has 2 saturated heterocycles. The number of ether oxygens (including phenoxy) is 1. The summed E-state index contributed by atoms with van der Waals surface area (Å²) in [5, 5.41) is 11.9. The molecule has 0 unspecified atom stereocenters. The van der Waals surface area contributed by atoms with Gasteiger partial charge in [0, 0.05) is 38.7 Å². The van der Waals surface area contributed by atoms with E-state index in [0.717, 1.165) is 13.1 Å². The van der Waals surface area contributed by atoms with E-state index in [1.165, 1.54) is 0 Å². The third kappa shape index (κ3) is 2.30. The standard InChI is InChI=1S/C10H18N2O3/c1-10(6-11-7-10)15-5-9(14)12-2-8(3-12)4-13/h8,11,13H,2-7H2,1H3. The number of nitrogens with zero attached hydrogens (tertiary/aromatic N) is 1. The Hall–Kier alpha value is -0.650. The van der Waals surface area contributed by atoms with Gasteiger partial charge in [0.1, 0.15) is 6.61 Å². The van der Waals surface area contributed by atoms with E-state index in [0.29, 0.717) is 13.1 Å². The van der Waals surface area contributed by atoms with Crippen molar-refractivity contribution in [3.8, 4) is 0 Å². The summed E-state index contributed by atoms with van der Waals surface area (Å²) in [7, 11) is 0. The summed E-state index contributed by atoms with van der Waals surface area (Å²) < 4.78 is 5.54. The van der Waals surface area contributed by atoms with E-state index in [1.54, 1.807) is 4.90 Å². The number of carbonyl (C=O) groups excluding carboxylic acids is 1. The van der Waals surface area contributed by atoms with E-state index < -0.39 is 0 Å². The zero-order valence-corrected chi connectivity index (χ0v) is 9.03. The van der Waals surface area contributed by atoms with Crippen LogP contribution in [0.2, 0.25) is 0 Å². The number of likely N-dealkylation sites (tertiary alicyclic amines) is 1. The first-order valence-corrected chi connectivity index (χ1v) is 5.36. The van der Waals surface area contributed by atoms with Gasteiger partial charge < -0.3 is 20.1 Å². The summed E-state index contributed by atoms with van der Waals surface area (Å²) in [5.41, 5.74) is -0.156. The van der Waals surface area contributed by atoms with Gasteiger partial charge in [0.15, 0.2) is 0 Å². The van der Waals surface area contributed by atoms with Crippen LogP contribution in [0, 0.1) is 5.92 Å². The Morgan fingerprint density at radius 3 is 2.73 bits per heavy atom. The Kier molecular flexibility index (Phi) is 2.95. The van der Waals surface area contributed by atoms with Crippen molar-refractivity contribution in [3.05, 3.63) is 0 Å². The minimum absolute atomic E-state index is 0.0350. The average molecular weight is 214 g/mol. The average Bonchev–Trinajstić information content (AvgIpc) is 2.10. The lowest BCUT2D eigenvalue weighted by Gasteiger charge is -2.41. The number of nitrogens with one attached hydrogen (secondary N) is 1. The second-order valence-electron chi connectivity index (χ2n) is 4.69. The molecule has 1 amide bonds. The lowest BCUT2D eigenvalue weighted by molar-refractivity contribution is -0.152. The summed E-state index contributed by atoms with van der Waals surface area (Å²) in [6.45, 7) is 5.33. The number of hydrogen-bond acceptors (Lipinski definition) is 4. The maximum atomic E-state index is 11.6. The van der Waals surface area contributed by atoms with Gasteiger partial charge in [-0.25, -0.2) is 0 Å². The van der Waals surface area contributed by atoms with Crippen molar-refractivity contribution in [3.63, 3.8) is 0 Å². The first-order chi connectivity index (χ1) is 7.13. The maximum absolute atomic E-state index is 11.6. The highest BCUT2D eigenvalue weighted by molar-refractivity contribution is 5.78. The lowest BCUT2D eigenvalue weighted by Crippen LogP contribution is -2.60. The van der Waals surface area contributed by atoms with Crippen LogP contribution in [-0.4, -0.2) is 60.9 Å². The van der Waals surface area contributed by atoms with E-state index in [2.05, 4.69) is 5.32 Å². The molecule has 2 aliphatic heterocycles. The van der Waals surface area contributed by atoms with Crippen LogP contribution < -0.4 is 5.32 Å². The van der Waals surface area contributed by atoms with Gasteiger partial charge in [0.05, 0.1) is 5.60 Å². The number of amides is 1. The molecule has 0 aromatic carbocycles. The van der Waals surface area contributed by atoms with Crippen LogP contribution in [0.15, 0.2) is 0 Å². The molecule has 0 radical (unpaired) electrons. The molecule has 0 aromatic heterocycles. The number of aliphatic hydroxyl groups excluding tert-OH is 1. The lowest BCUT2D eigenvalue weighted by atomic mass is 10.00. The predicted octanol–water partition coefficient (Wildman–Crippen LogP) is -1.18. The van der Waals surface area contributed by atoms with Crippen LogP contribution in [-0.2, 0) is 9.53 Å². The molecule has 86 valence electrons. The van der Waals surface area contributed by atoms with Crippen LogP contribution in [0.3, 0.4) is 0 Å². The molecule has 15 heavy (non-hydrogen) atoms. The molecule has 0 bridgehead atoms. The van der Waals surface area contributed by atoms with Gasteiger partial charge in [0.2, 0.25) is 5.91 Å². The molecule has 2 rings (SSSR count). The minimum Gasteiger partial charge on any atom is -0.396 e. The molecule has 5 nitrogen and oxygen atoms in total. The van der Waals surface area contributed by atoms with Crippen LogP contribution in [0.25, 0.3) is 0 Å². The smallest absolute Gasteiger partial charge is 0.248 e. The minimum atomic E-state index is -0.156. The Bertz CT molecular complexity index is 247. The highest BCUT2D eigenvalue weighted by atomic mass is 16.5. The van der Waals surface area contributed by atoms with Crippen LogP contribution in [0.1, 0.15) is 6.92 Å². The van der Waals surface area contributed by atoms with Gasteiger partial charge in [-0.1, -0.05) is 0 Å². The van der Waals surface area contributed by atoms with Crippen molar-refractivity contribution in [2.45, 2.75) is 12.5 Å². The summed E-state index contributed by atoms with van der Waals surface area (Å²) in [6, 6.07) is 0. The summed E-state index contributed by atoms with van der Waals surface area (Å²) in [4.78, 5) is 13.3. The fraction of sp³-hybridized carbons (Fsp3) is 0.900. The quantitative estimate of drug-likeness (QED) is 0.618. The molecule has 0 saturated carbocycles.